The molecule has 0 aliphatic carbocycles. The Labute approximate surface area is 119 Å². The van der Waals surface area contributed by atoms with E-state index in [9.17, 15) is 12.6 Å². The van der Waals surface area contributed by atoms with E-state index in [1.165, 1.54) is 12.3 Å². The zero-order valence-corrected chi connectivity index (χ0v) is 12.4. The number of hydrogen-bond donors (Lipinski definition) is 2. The highest BCUT2D eigenvalue weighted by atomic mass is 35.5. The quantitative estimate of drug-likeness (QED) is 0.843. The Balaban J connectivity index is 2.13. The van der Waals surface area contributed by atoms with E-state index in [4.69, 9.17) is 17.3 Å². The summed E-state index contributed by atoms with van der Waals surface area (Å²) in [7, 11) is -4.49. The third-order valence-electron chi connectivity index (χ3n) is 2.86. The maximum absolute atomic E-state index is 12.1. The Morgan fingerprint density at radius 2 is 2.05 bits per heavy atom. The van der Waals surface area contributed by atoms with Gasteiger partial charge in [-0.25, -0.2) is 18.1 Å². The van der Waals surface area contributed by atoms with E-state index in [2.05, 4.69) is 9.71 Å². The Hall–Kier alpha value is -0.700. The molecule has 1 aliphatic heterocycles. The molecule has 3 N–H and O–H groups in total. The first-order valence-corrected chi connectivity index (χ1v) is 9.02. The average molecular weight is 324 g/mol. The van der Waals surface area contributed by atoms with E-state index in [1.807, 2.05) is 0 Å². The Kier molecular flexibility index (Phi) is 4.44. The average Bonchev–Trinajstić information content (AvgIpc) is 2.35. The molecule has 1 aromatic rings. The highest BCUT2D eigenvalue weighted by Gasteiger charge is 2.24. The molecule has 0 spiro atoms. The number of nitrogens with zero attached hydrogens (tertiary/aromatic N) is 1. The lowest BCUT2D eigenvalue weighted by molar-refractivity contribution is 0.521. The number of nitrogens with one attached hydrogen (secondary N) is 1. The predicted molar refractivity (Wildman–Crippen MR) is 74.9 cm³/mol. The van der Waals surface area contributed by atoms with Crippen molar-refractivity contribution in [3.8, 4) is 0 Å². The summed E-state index contributed by atoms with van der Waals surface area (Å²) in [6, 6.07) is 1.08. The number of nitrogens with two attached hydrogens (primary N) is 1. The number of halogens is 1. The van der Waals surface area contributed by atoms with Crippen molar-refractivity contribution in [2.45, 2.75) is 23.8 Å². The molecule has 1 aliphatic rings. The third kappa shape index (κ3) is 3.65. The third-order valence-corrected chi connectivity index (χ3v) is 6.04. The van der Waals surface area contributed by atoms with Crippen molar-refractivity contribution in [3.63, 3.8) is 0 Å². The molecule has 6 nitrogen and oxygen atoms in total. The summed E-state index contributed by atoms with van der Waals surface area (Å²) in [5.41, 5.74) is 5.44. The van der Waals surface area contributed by atoms with Crippen molar-refractivity contribution in [2.75, 3.05) is 17.2 Å². The highest BCUT2D eigenvalue weighted by molar-refractivity contribution is 7.89. The van der Waals surface area contributed by atoms with Gasteiger partial charge in [0.2, 0.25) is 10.0 Å². The van der Waals surface area contributed by atoms with Crippen molar-refractivity contribution in [2.24, 2.45) is 0 Å². The van der Waals surface area contributed by atoms with Gasteiger partial charge < -0.3 is 5.73 Å². The van der Waals surface area contributed by atoms with Crippen molar-refractivity contribution < 1.29 is 12.6 Å². The van der Waals surface area contributed by atoms with Crippen LogP contribution >= 0.6 is 11.6 Å². The van der Waals surface area contributed by atoms with E-state index in [0.29, 0.717) is 24.3 Å². The van der Waals surface area contributed by atoms with Gasteiger partial charge in [0.15, 0.2) is 0 Å². The van der Waals surface area contributed by atoms with E-state index in [1.54, 1.807) is 0 Å². The predicted octanol–water partition coefficient (Wildman–Crippen LogP) is 0.507. The number of aromatic nitrogens is 1. The van der Waals surface area contributed by atoms with E-state index in [-0.39, 0.29) is 21.8 Å². The van der Waals surface area contributed by atoms with Gasteiger partial charge in [-0.05, 0) is 18.9 Å². The second kappa shape index (κ2) is 5.74. The van der Waals surface area contributed by atoms with Gasteiger partial charge in [-0.2, -0.15) is 0 Å². The molecule has 0 saturated carbocycles. The monoisotopic (exact) mass is 323 g/mol. The molecule has 1 saturated heterocycles. The second-order valence-electron chi connectivity index (χ2n) is 4.28. The number of anilines is 1. The minimum Gasteiger partial charge on any atom is -0.382 e. The molecule has 1 aromatic heterocycles. The lowest BCUT2D eigenvalue weighted by atomic mass is 10.2. The minimum atomic E-state index is -3.67. The zero-order valence-electron chi connectivity index (χ0n) is 10.0. The number of hydrogen-bond acceptors (Lipinski definition) is 5. The van der Waals surface area contributed by atoms with Crippen LogP contribution in [0.25, 0.3) is 0 Å². The molecule has 0 aromatic carbocycles. The molecule has 19 heavy (non-hydrogen) atoms. The van der Waals surface area contributed by atoms with Crippen molar-refractivity contribution in [3.05, 3.63) is 17.3 Å². The normalized spacial score (nSPS) is 24.3. The van der Waals surface area contributed by atoms with Crippen LogP contribution in [-0.2, 0) is 20.8 Å². The van der Waals surface area contributed by atoms with Gasteiger partial charge in [-0.15, -0.1) is 0 Å². The maximum Gasteiger partial charge on any atom is 0.242 e. The minimum absolute atomic E-state index is 0.0154. The zero-order chi connectivity index (χ0) is 14.0. The Morgan fingerprint density at radius 3 is 2.63 bits per heavy atom. The van der Waals surface area contributed by atoms with Gasteiger partial charge in [-0.1, -0.05) is 11.6 Å². The van der Waals surface area contributed by atoms with Crippen LogP contribution in [0.15, 0.2) is 17.2 Å². The van der Waals surface area contributed by atoms with Crippen molar-refractivity contribution >= 4 is 38.2 Å². The fourth-order valence-electron chi connectivity index (χ4n) is 1.78. The molecule has 0 radical (unpaired) electrons. The van der Waals surface area contributed by atoms with Gasteiger partial charge in [0.1, 0.15) is 10.7 Å². The van der Waals surface area contributed by atoms with Gasteiger partial charge in [-0.3, -0.25) is 4.21 Å². The number of nitrogen functional groups attached to an aromatic ring is 1. The molecule has 2 heterocycles. The topological polar surface area (TPSA) is 102 Å². The van der Waals surface area contributed by atoms with Crippen LogP contribution in [0.3, 0.4) is 0 Å². The van der Waals surface area contributed by atoms with Crippen LogP contribution in [0.2, 0.25) is 5.02 Å². The Bertz CT molecular complexity index is 596. The first-order valence-electron chi connectivity index (χ1n) is 5.67. The van der Waals surface area contributed by atoms with Crippen LogP contribution in [0, 0.1) is 0 Å². The summed E-state index contributed by atoms with van der Waals surface area (Å²) in [6.45, 7) is 0. The van der Waals surface area contributed by atoms with Crippen LogP contribution in [0.5, 0.6) is 0 Å². The molecule has 1 fully saturated rings. The summed E-state index contributed by atoms with van der Waals surface area (Å²) in [5, 5.41) is 0.104. The second-order valence-corrected chi connectivity index (χ2v) is 8.10. The molecular formula is C10H14ClN3O3S2. The fourth-order valence-corrected chi connectivity index (χ4v) is 4.58. The van der Waals surface area contributed by atoms with Crippen LogP contribution in [0.4, 0.5) is 5.82 Å². The lowest BCUT2D eigenvalue weighted by Crippen LogP contribution is -2.39. The van der Waals surface area contributed by atoms with Gasteiger partial charge in [0.25, 0.3) is 0 Å². The molecule has 106 valence electrons. The number of sulfonamides is 1. The van der Waals surface area contributed by atoms with E-state index < -0.39 is 20.8 Å². The Morgan fingerprint density at radius 1 is 1.42 bits per heavy atom. The molecule has 0 bridgehead atoms. The molecular weight excluding hydrogens is 310 g/mol. The maximum atomic E-state index is 12.1. The van der Waals surface area contributed by atoms with Crippen LogP contribution in [0.1, 0.15) is 12.8 Å². The highest BCUT2D eigenvalue weighted by Crippen LogP contribution is 2.21. The largest absolute Gasteiger partial charge is 0.382 e. The van der Waals surface area contributed by atoms with E-state index in [0.717, 1.165) is 0 Å². The SMILES string of the molecule is Nc1ncc(S(=O)(=O)NC2CCS(=O)CC2)cc1Cl. The van der Waals surface area contributed by atoms with Crippen LogP contribution < -0.4 is 10.5 Å². The van der Waals surface area contributed by atoms with Gasteiger partial charge in [0.05, 0.1) is 5.02 Å². The standard InChI is InChI=1S/C10H14ClN3O3S2/c11-9-5-8(6-13-10(9)12)19(16,17)14-7-1-3-18(15)4-2-7/h5-7,14H,1-4H2,(H2,12,13). The van der Waals surface area contributed by atoms with Crippen molar-refractivity contribution in [1.29, 1.82) is 0 Å². The summed E-state index contributed by atoms with van der Waals surface area (Å²) >= 11 is 5.76. The smallest absolute Gasteiger partial charge is 0.242 e. The molecule has 0 unspecified atom stereocenters. The van der Waals surface area contributed by atoms with Crippen molar-refractivity contribution in [1.82, 2.24) is 9.71 Å². The number of rotatable bonds is 3. The summed E-state index contributed by atoms with van der Waals surface area (Å²) in [4.78, 5) is 3.71. The number of pyridine rings is 1. The summed E-state index contributed by atoms with van der Waals surface area (Å²) < 4.78 is 38.0. The summed E-state index contributed by atoms with van der Waals surface area (Å²) in [6.07, 6.45) is 2.31. The first kappa shape index (κ1) is 14.7. The first-order chi connectivity index (χ1) is 8.88. The van der Waals surface area contributed by atoms with Crippen LogP contribution in [-0.4, -0.2) is 35.2 Å². The molecule has 0 amide bonds. The van der Waals surface area contributed by atoms with Gasteiger partial charge in [0, 0.05) is 34.5 Å². The van der Waals surface area contributed by atoms with Gasteiger partial charge >= 0.3 is 0 Å². The molecule has 2 rings (SSSR count). The molecule has 9 heteroatoms. The lowest BCUT2D eigenvalue weighted by Gasteiger charge is -2.22. The summed E-state index contributed by atoms with van der Waals surface area (Å²) in [5.74, 6) is 1.13. The van der Waals surface area contributed by atoms with E-state index >= 15 is 0 Å². The fraction of sp³-hybridized carbons (Fsp3) is 0.500. The molecule has 0 atom stereocenters.